The second-order valence-electron chi connectivity index (χ2n) is 11.4. The van der Waals surface area contributed by atoms with E-state index in [1.165, 1.54) is 0 Å². The van der Waals surface area contributed by atoms with E-state index < -0.39 is 124 Å². The highest BCUT2D eigenvalue weighted by atomic mass is 16.3. The van der Waals surface area contributed by atoms with E-state index in [2.05, 4.69) is 4.98 Å². The Morgan fingerprint density at radius 3 is 1.98 bits per heavy atom. The third kappa shape index (κ3) is 4.51. The summed E-state index contributed by atoms with van der Waals surface area (Å²) in [5.74, 6) is -1.19. The molecule has 3 heteroatoms. The van der Waals surface area contributed by atoms with Gasteiger partial charge in [0.25, 0.3) is 0 Å². The highest BCUT2D eigenvalue weighted by Crippen LogP contribution is 2.39. The smallest absolute Gasteiger partial charge is 0.135 e. The van der Waals surface area contributed by atoms with Crippen LogP contribution in [-0.2, 0) is 0 Å². The minimum Gasteiger partial charge on any atom is -0.456 e. The quantitative estimate of drug-likeness (QED) is 0.180. The van der Waals surface area contributed by atoms with Gasteiger partial charge in [0.1, 0.15) is 11.5 Å². The molecule has 0 aliphatic rings. The van der Waals surface area contributed by atoms with Crippen molar-refractivity contribution in [2.75, 3.05) is 0 Å². The van der Waals surface area contributed by atoms with E-state index in [9.17, 15) is 6.85 Å². The predicted molar refractivity (Wildman–Crippen MR) is 204 cm³/mol. The highest BCUT2D eigenvalue weighted by molar-refractivity contribution is 6.13. The normalized spacial score (nSPS) is 16.0. The average molecular weight is 640 g/mol. The molecule has 10 aromatic rings. The number of nitrogens with zero attached hydrogens (tertiary/aromatic N) is 2. The van der Waals surface area contributed by atoms with Crippen molar-refractivity contribution in [2.24, 2.45) is 0 Å². The van der Waals surface area contributed by atoms with Gasteiger partial charge in [-0.2, -0.15) is 0 Å². The van der Waals surface area contributed by atoms with Crippen LogP contribution in [0.3, 0.4) is 0 Å². The summed E-state index contributed by atoms with van der Waals surface area (Å²) in [7, 11) is 0. The summed E-state index contributed by atoms with van der Waals surface area (Å²) in [5.41, 5.74) is 2.24. The molecule has 0 radical (unpaired) electrons. The second kappa shape index (κ2) is 11.0. The number of pyridine rings is 2. The molecule has 0 fully saturated rings. The van der Waals surface area contributed by atoms with Gasteiger partial charge < -0.3 is 4.42 Å². The lowest BCUT2D eigenvalue weighted by Gasteiger charge is -2.13. The van der Waals surface area contributed by atoms with Gasteiger partial charge in [0.15, 0.2) is 0 Å². The molecule has 0 spiro atoms. The largest absolute Gasteiger partial charge is 0.456 e. The zero-order valence-electron chi connectivity index (χ0n) is 40.3. The maximum atomic E-state index is 9.28. The first kappa shape index (κ1) is 16.5. The molecule has 0 aliphatic carbocycles. The first-order valence-electron chi connectivity index (χ1n) is 22.9. The minimum atomic E-state index is -0.738. The molecule has 0 atom stereocenters. The van der Waals surface area contributed by atoms with Gasteiger partial charge in [-0.1, -0.05) is 133 Å². The summed E-state index contributed by atoms with van der Waals surface area (Å²) in [5, 5.41) is 1.64. The van der Waals surface area contributed by atoms with Crippen LogP contribution in [0.2, 0.25) is 0 Å². The van der Waals surface area contributed by atoms with E-state index in [1.54, 1.807) is 30.5 Å². The van der Waals surface area contributed by atoms with Crippen LogP contribution >= 0.6 is 0 Å². The molecule has 0 unspecified atom stereocenters. The first-order chi connectivity index (χ1) is 30.5. The number of rotatable bonds is 4. The monoisotopic (exact) mass is 639 g/mol. The van der Waals surface area contributed by atoms with Crippen molar-refractivity contribution in [3.63, 3.8) is 0 Å². The molecule has 0 bridgehead atoms. The Kier molecular flexibility index (Phi) is 3.70. The molecule has 7 aromatic carbocycles. The van der Waals surface area contributed by atoms with Crippen molar-refractivity contribution in [3.05, 3.63) is 170 Å². The van der Waals surface area contributed by atoms with Gasteiger partial charge in [-0.15, -0.1) is 0 Å². The summed E-state index contributed by atoms with van der Waals surface area (Å²) in [4.78, 5) is 9.59. The van der Waals surface area contributed by atoms with Crippen LogP contribution < -0.4 is 0 Å². The Bertz CT molecular complexity index is 3730. The van der Waals surface area contributed by atoms with Crippen molar-refractivity contribution in [1.29, 1.82) is 0 Å². The highest BCUT2D eigenvalue weighted by Gasteiger charge is 2.15. The third-order valence-electron chi connectivity index (χ3n) is 8.60. The Morgan fingerprint density at radius 1 is 0.449 bits per heavy atom. The van der Waals surface area contributed by atoms with Crippen LogP contribution in [0, 0.1) is 0 Å². The standard InChI is InChI=1S/C46H28N2O/c1-2-10-34-33(8-1)28-41(39-14-6-4-11-36(34)39)44-26-25-43(49-44)30-17-15-29(16-18-30)35-22-23-40(38-13-5-3-12-37(35)38)42-24-21-32-20-19-31-9-7-27-47-45(31)46(32)48-42/h1-28H/i1D,2D,4D,6D,8D,10D,11D,14D,15D,16D,17D,18D,25D,26D,28D. The van der Waals surface area contributed by atoms with E-state index in [0.29, 0.717) is 16.6 Å². The molecular weight excluding hydrogens is 597 g/mol. The summed E-state index contributed by atoms with van der Waals surface area (Å²) in [6.07, 6.45) is 1.71. The van der Waals surface area contributed by atoms with E-state index in [0.717, 1.165) is 32.8 Å². The number of hydrogen-bond acceptors (Lipinski definition) is 3. The van der Waals surface area contributed by atoms with Gasteiger partial charge in [-0.05, 0) is 73.7 Å². The fourth-order valence-electron chi connectivity index (χ4n) is 6.31. The zero-order valence-corrected chi connectivity index (χ0v) is 25.3. The third-order valence-corrected chi connectivity index (χ3v) is 8.60. The topological polar surface area (TPSA) is 38.9 Å². The van der Waals surface area contributed by atoms with Crippen molar-refractivity contribution in [1.82, 2.24) is 9.97 Å². The van der Waals surface area contributed by atoms with Gasteiger partial charge in [-0.3, -0.25) is 4.98 Å². The summed E-state index contributed by atoms with van der Waals surface area (Å²) < 4.78 is 139. The fourth-order valence-corrected chi connectivity index (χ4v) is 6.31. The van der Waals surface area contributed by atoms with Crippen LogP contribution in [0.25, 0.3) is 99.2 Å². The maximum absolute atomic E-state index is 9.28. The number of aromatic nitrogens is 2. The van der Waals surface area contributed by atoms with Crippen LogP contribution in [0.1, 0.15) is 20.6 Å². The summed E-state index contributed by atoms with van der Waals surface area (Å²) in [6, 6.07) is 12.6. The molecule has 228 valence electrons. The van der Waals surface area contributed by atoms with Gasteiger partial charge in [0.2, 0.25) is 0 Å². The van der Waals surface area contributed by atoms with E-state index in [1.807, 2.05) is 48.5 Å². The van der Waals surface area contributed by atoms with Crippen LogP contribution in [0.4, 0.5) is 0 Å². The Labute approximate surface area is 303 Å². The number of furan rings is 1. The Hall–Kier alpha value is -6.58. The van der Waals surface area contributed by atoms with Gasteiger partial charge >= 0.3 is 0 Å². The summed E-state index contributed by atoms with van der Waals surface area (Å²) in [6.45, 7) is 0. The fraction of sp³-hybridized carbons (Fsp3) is 0. The number of hydrogen-bond donors (Lipinski definition) is 0. The molecular formula is C46H28N2O. The lowest BCUT2D eigenvalue weighted by Crippen LogP contribution is -1.91. The minimum absolute atomic E-state index is 0.0494. The molecule has 0 aliphatic heterocycles. The molecule has 3 aromatic heterocycles. The number of fused-ring (bicyclic) bond motifs is 7. The zero-order chi connectivity index (χ0) is 45.4. The predicted octanol–water partition coefficient (Wildman–Crippen LogP) is 12.5. The molecule has 49 heavy (non-hydrogen) atoms. The van der Waals surface area contributed by atoms with Crippen LogP contribution in [0.15, 0.2) is 174 Å². The summed E-state index contributed by atoms with van der Waals surface area (Å²) >= 11 is 0. The van der Waals surface area contributed by atoms with Crippen molar-refractivity contribution >= 4 is 54.1 Å². The van der Waals surface area contributed by atoms with Crippen LogP contribution in [0.5, 0.6) is 0 Å². The SMILES string of the molecule is [2H]c1c(-c2c([2H])c([2H])c(-c3ccc(-c4ccc5ccc6cccnc6c5n4)c4ccccc34)c([2H])c2[2H])oc(-c2c([2H])c3c([2H])c([2H])c([2H])c([2H])c3c3c([2H])c([2H])c([2H])c([2H])c23)c1[2H]. The lowest BCUT2D eigenvalue weighted by atomic mass is 9.93. The second-order valence-corrected chi connectivity index (χ2v) is 11.4. The Morgan fingerprint density at radius 2 is 1.12 bits per heavy atom. The van der Waals surface area contributed by atoms with Crippen molar-refractivity contribution in [3.8, 4) is 45.0 Å². The van der Waals surface area contributed by atoms with Crippen LogP contribution in [-0.4, -0.2) is 9.97 Å². The average Bonchev–Trinajstić information content (AvgIpc) is 3.59. The molecule has 0 N–H and O–H groups in total. The van der Waals surface area contributed by atoms with Gasteiger partial charge in [0.05, 0.1) is 37.3 Å². The van der Waals surface area contributed by atoms with Gasteiger partial charge in [-0.25, -0.2) is 4.98 Å². The number of benzene rings is 7. The van der Waals surface area contributed by atoms with E-state index in [4.69, 9.17) is 23.1 Å². The lowest BCUT2D eigenvalue weighted by molar-refractivity contribution is 0.598. The molecule has 10 rings (SSSR count). The Balaban J connectivity index is 1.18. The first-order valence-corrected chi connectivity index (χ1v) is 15.4. The molecule has 0 saturated heterocycles. The molecule has 0 saturated carbocycles. The van der Waals surface area contributed by atoms with E-state index >= 15 is 0 Å². The molecule has 3 nitrogen and oxygen atoms in total. The van der Waals surface area contributed by atoms with E-state index in [-0.39, 0.29) is 16.3 Å². The molecule has 0 amide bonds. The molecule has 3 heterocycles. The van der Waals surface area contributed by atoms with Gasteiger partial charge in [0, 0.05) is 33.7 Å². The maximum Gasteiger partial charge on any atom is 0.135 e. The van der Waals surface area contributed by atoms with Crippen molar-refractivity contribution < 1.29 is 25.0 Å². The van der Waals surface area contributed by atoms with Crippen molar-refractivity contribution in [2.45, 2.75) is 0 Å².